The van der Waals surface area contributed by atoms with Crippen LogP contribution in [0.2, 0.25) is 0 Å². The molecule has 0 unspecified atom stereocenters. The third-order valence-electron chi connectivity index (χ3n) is 6.25. The number of hydrogen-bond acceptors (Lipinski definition) is 9. The highest BCUT2D eigenvalue weighted by molar-refractivity contribution is 5.72. The summed E-state index contributed by atoms with van der Waals surface area (Å²) in [6.45, 7) is 3.89. The quantitative estimate of drug-likeness (QED) is 0.110. The van der Waals surface area contributed by atoms with Crippen LogP contribution in [-0.2, 0) is 16.1 Å². The van der Waals surface area contributed by atoms with E-state index in [2.05, 4.69) is 10.8 Å². The average Bonchev–Trinajstić information content (AvgIpc) is 2.96. The minimum Gasteiger partial charge on any atom is -0.496 e. The fourth-order valence-corrected chi connectivity index (χ4v) is 3.92. The number of nitrogens with zero attached hydrogens (tertiary/aromatic N) is 1. The van der Waals surface area contributed by atoms with Crippen molar-refractivity contribution in [2.75, 3.05) is 35.0 Å². The lowest BCUT2D eigenvalue weighted by atomic mass is 10.0. The van der Waals surface area contributed by atoms with Crippen molar-refractivity contribution < 1.29 is 38.1 Å². The van der Waals surface area contributed by atoms with Crippen LogP contribution < -0.4 is 23.7 Å². The fraction of sp³-hybridized carbons (Fsp3) is 0.300. The number of carbonyl (C=O) groups excluding carboxylic acids is 1. The van der Waals surface area contributed by atoms with Crippen LogP contribution in [0.15, 0.2) is 42.5 Å². The molecular formula is C30H33NO9. The molecule has 0 saturated carbocycles. The molecule has 0 N–H and O–H groups in total. The van der Waals surface area contributed by atoms with E-state index in [1.54, 1.807) is 19.2 Å². The van der Waals surface area contributed by atoms with Gasteiger partial charge in [-0.25, -0.2) is 0 Å². The molecule has 0 aromatic heterocycles. The molecule has 40 heavy (non-hydrogen) atoms. The molecule has 0 amide bonds. The van der Waals surface area contributed by atoms with Crippen molar-refractivity contribution in [1.82, 2.24) is 0 Å². The van der Waals surface area contributed by atoms with Crippen LogP contribution in [-0.4, -0.2) is 45.9 Å². The first kappa shape index (κ1) is 29.8. The van der Waals surface area contributed by atoms with Gasteiger partial charge in [0.05, 0.1) is 58.0 Å². The Bertz CT molecular complexity index is 1400. The van der Waals surface area contributed by atoms with Gasteiger partial charge in [0.2, 0.25) is 0 Å². The number of benzene rings is 3. The zero-order valence-electron chi connectivity index (χ0n) is 23.4. The molecule has 0 fully saturated rings. The number of aryl methyl sites for hydroxylation is 1. The van der Waals surface area contributed by atoms with Gasteiger partial charge < -0.3 is 28.4 Å². The molecule has 0 bridgehead atoms. The lowest BCUT2D eigenvalue weighted by Gasteiger charge is -2.14. The number of rotatable bonds is 13. The van der Waals surface area contributed by atoms with Crippen molar-refractivity contribution in [3.05, 3.63) is 80.4 Å². The molecule has 212 valence electrons. The number of carbonyl (C=O) groups is 1. The minimum absolute atomic E-state index is 0.0139. The van der Waals surface area contributed by atoms with Crippen LogP contribution in [0, 0.1) is 24.0 Å². The maximum Gasteiger partial charge on any atom is 0.308 e. The Labute approximate surface area is 233 Å². The summed E-state index contributed by atoms with van der Waals surface area (Å²) >= 11 is 0. The fourth-order valence-electron chi connectivity index (χ4n) is 3.92. The number of hydrogen-bond donors (Lipinski definition) is 0. The molecule has 3 rings (SSSR count). The molecular weight excluding hydrogens is 518 g/mol. The normalized spacial score (nSPS) is 10.8. The van der Waals surface area contributed by atoms with Gasteiger partial charge >= 0.3 is 5.97 Å². The second kappa shape index (κ2) is 13.9. The van der Waals surface area contributed by atoms with Gasteiger partial charge in [-0.05, 0) is 60.4 Å². The molecule has 0 saturated heterocycles. The van der Waals surface area contributed by atoms with Crippen molar-refractivity contribution in [3.8, 4) is 28.7 Å². The van der Waals surface area contributed by atoms with Gasteiger partial charge in [-0.15, -0.1) is 0 Å². The molecule has 10 heteroatoms. The Morgan fingerprint density at radius 3 is 2.10 bits per heavy atom. The highest BCUT2D eigenvalue weighted by Crippen LogP contribution is 2.37. The Kier molecular flexibility index (Phi) is 10.4. The first-order chi connectivity index (χ1) is 19.2. The maximum absolute atomic E-state index is 11.8. The molecule has 0 aliphatic carbocycles. The summed E-state index contributed by atoms with van der Waals surface area (Å²) in [5, 5.41) is 11.8. The standard InChI is InChI=1S/C30H33NO9/c1-19-13-22(15-26(36-4)20(19)2)8-7-21-9-10-25(35-3)28(14-21)40-18-23-16-27(37-5)29(17-24(23)31(33)34)39-12-11-30(32)38-6/h7-10,13-17H,11-12,18H2,1-6H3/b8-7-. The van der Waals surface area contributed by atoms with Gasteiger partial charge in [-0.2, -0.15) is 0 Å². The number of nitro benzene ring substituents is 1. The summed E-state index contributed by atoms with van der Waals surface area (Å²) < 4.78 is 32.4. The van der Waals surface area contributed by atoms with Crippen molar-refractivity contribution in [3.63, 3.8) is 0 Å². The Balaban J connectivity index is 1.84. The van der Waals surface area contributed by atoms with Crippen molar-refractivity contribution in [2.24, 2.45) is 0 Å². The molecule has 0 atom stereocenters. The smallest absolute Gasteiger partial charge is 0.308 e. The lowest BCUT2D eigenvalue weighted by Crippen LogP contribution is -2.09. The third-order valence-corrected chi connectivity index (χ3v) is 6.25. The average molecular weight is 552 g/mol. The van der Waals surface area contributed by atoms with Crippen molar-refractivity contribution in [1.29, 1.82) is 0 Å². The lowest BCUT2D eigenvalue weighted by molar-refractivity contribution is -0.385. The van der Waals surface area contributed by atoms with E-state index in [0.717, 1.165) is 28.0 Å². The molecule has 0 spiro atoms. The third kappa shape index (κ3) is 7.43. The number of nitro groups is 1. The predicted molar refractivity (Wildman–Crippen MR) is 150 cm³/mol. The van der Waals surface area contributed by atoms with Gasteiger partial charge in [0.25, 0.3) is 5.69 Å². The van der Waals surface area contributed by atoms with Gasteiger partial charge in [-0.3, -0.25) is 14.9 Å². The van der Waals surface area contributed by atoms with Crippen LogP contribution in [0.1, 0.15) is 34.2 Å². The van der Waals surface area contributed by atoms with E-state index < -0.39 is 10.9 Å². The number of methoxy groups -OCH3 is 4. The van der Waals surface area contributed by atoms with Crippen molar-refractivity contribution in [2.45, 2.75) is 26.9 Å². The van der Waals surface area contributed by atoms with Crippen LogP contribution in [0.4, 0.5) is 5.69 Å². The maximum atomic E-state index is 11.8. The van der Waals surface area contributed by atoms with Crippen LogP contribution in [0.5, 0.6) is 28.7 Å². The molecule has 3 aromatic rings. The molecule has 0 aliphatic rings. The molecule has 0 heterocycles. The predicted octanol–water partition coefficient (Wildman–Crippen LogP) is 5.93. The molecule has 0 radical (unpaired) electrons. The first-order valence-electron chi connectivity index (χ1n) is 12.4. The molecule has 0 aliphatic heterocycles. The van der Waals surface area contributed by atoms with Crippen LogP contribution >= 0.6 is 0 Å². The van der Waals surface area contributed by atoms with Crippen LogP contribution in [0.3, 0.4) is 0 Å². The monoisotopic (exact) mass is 551 g/mol. The topological polar surface area (TPSA) is 116 Å². The first-order valence-corrected chi connectivity index (χ1v) is 12.4. The largest absolute Gasteiger partial charge is 0.496 e. The summed E-state index contributed by atoms with van der Waals surface area (Å²) in [5.41, 5.74) is 4.09. The van der Waals surface area contributed by atoms with E-state index in [1.807, 2.05) is 38.1 Å². The summed E-state index contributed by atoms with van der Waals surface area (Å²) in [6, 6.07) is 12.2. The summed E-state index contributed by atoms with van der Waals surface area (Å²) in [7, 11) is 5.85. The van der Waals surface area contributed by atoms with E-state index in [9.17, 15) is 14.9 Å². The highest BCUT2D eigenvalue weighted by atomic mass is 16.6. The van der Waals surface area contributed by atoms with Gasteiger partial charge in [0.1, 0.15) is 12.4 Å². The SMILES string of the molecule is COC(=O)CCOc1cc([N+](=O)[O-])c(COc2cc(/C=C\c3cc(C)c(C)c(OC)c3)ccc2OC)cc1OC. The summed E-state index contributed by atoms with van der Waals surface area (Å²) in [6.07, 6.45) is 3.89. The van der Waals surface area contributed by atoms with E-state index in [0.29, 0.717) is 11.5 Å². The number of ether oxygens (including phenoxy) is 6. The van der Waals surface area contributed by atoms with E-state index in [1.165, 1.54) is 33.5 Å². The Hall–Kier alpha value is -4.73. The minimum atomic E-state index is -0.528. The van der Waals surface area contributed by atoms with Gasteiger partial charge in [0, 0.05) is 0 Å². The van der Waals surface area contributed by atoms with Gasteiger partial charge in [0.15, 0.2) is 23.0 Å². The van der Waals surface area contributed by atoms with Crippen molar-refractivity contribution >= 4 is 23.8 Å². The summed E-state index contributed by atoms with van der Waals surface area (Å²) in [4.78, 5) is 22.7. The number of esters is 1. The highest BCUT2D eigenvalue weighted by Gasteiger charge is 2.21. The molecule has 3 aromatic carbocycles. The molecule has 10 nitrogen and oxygen atoms in total. The summed E-state index contributed by atoms with van der Waals surface area (Å²) in [5.74, 6) is 1.64. The van der Waals surface area contributed by atoms with Crippen LogP contribution in [0.25, 0.3) is 12.2 Å². The Morgan fingerprint density at radius 2 is 1.45 bits per heavy atom. The van der Waals surface area contributed by atoms with Gasteiger partial charge in [-0.1, -0.05) is 24.3 Å². The van der Waals surface area contributed by atoms with E-state index in [-0.39, 0.29) is 42.4 Å². The Morgan fingerprint density at radius 1 is 0.800 bits per heavy atom. The van der Waals surface area contributed by atoms with E-state index >= 15 is 0 Å². The second-order valence-electron chi connectivity index (χ2n) is 8.76. The van der Waals surface area contributed by atoms with E-state index in [4.69, 9.17) is 23.7 Å². The second-order valence-corrected chi connectivity index (χ2v) is 8.76. The zero-order valence-corrected chi connectivity index (χ0v) is 23.4. The zero-order chi connectivity index (χ0) is 29.2.